The van der Waals surface area contributed by atoms with Crippen molar-refractivity contribution in [2.24, 2.45) is 0 Å². The van der Waals surface area contributed by atoms with Crippen LogP contribution in [-0.4, -0.2) is 36.1 Å². The van der Waals surface area contributed by atoms with Gasteiger partial charge in [0.05, 0.1) is 17.3 Å². The number of hydrogen-bond donors (Lipinski definition) is 1. The molecule has 1 aliphatic rings. The van der Waals surface area contributed by atoms with Crippen LogP contribution >= 0.6 is 15.9 Å². The topological polar surface area (TPSA) is 87.8 Å². The monoisotopic (exact) mass is 516 g/mol. The second kappa shape index (κ2) is 8.53. The molecule has 1 amide bonds. The van der Waals surface area contributed by atoms with Crippen LogP contribution in [0.2, 0.25) is 0 Å². The Morgan fingerprint density at radius 2 is 1.85 bits per heavy atom. The maximum Gasteiger partial charge on any atom is 0.295 e. The van der Waals surface area contributed by atoms with Crippen molar-refractivity contribution in [3.05, 3.63) is 105 Å². The molecule has 170 valence electrons. The maximum absolute atomic E-state index is 13.3. The van der Waals surface area contributed by atoms with Crippen LogP contribution in [0.1, 0.15) is 34.1 Å². The Balaban J connectivity index is 1.71. The van der Waals surface area contributed by atoms with Gasteiger partial charge < -0.3 is 14.4 Å². The average molecular weight is 517 g/mol. The zero-order valence-electron chi connectivity index (χ0n) is 18.6. The van der Waals surface area contributed by atoms with E-state index >= 15 is 0 Å². The van der Waals surface area contributed by atoms with Crippen LogP contribution in [0.5, 0.6) is 0 Å². The van der Waals surface area contributed by atoms with Crippen molar-refractivity contribution in [2.45, 2.75) is 26.4 Å². The second-order valence-electron chi connectivity index (χ2n) is 8.27. The Hall–Kier alpha value is -3.78. The zero-order chi connectivity index (χ0) is 24.0. The SMILES string of the molecule is Cc1cccn2c(C)c(/C(O)=C3\C(=O)C(=O)N(Cc4cccnc4)C3c3ccc(Br)cc3)nc12. The minimum atomic E-state index is -0.765. The molecule has 0 radical (unpaired) electrons. The lowest BCUT2D eigenvalue weighted by Gasteiger charge is -2.25. The number of aliphatic hydroxyl groups is 1. The number of aliphatic hydroxyl groups excluding tert-OH is 1. The lowest BCUT2D eigenvalue weighted by Crippen LogP contribution is -2.29. The lowest BCUT2D eigenvalue weighted by molar-refractivity contribution is -0.140. The van der Waals surface area contributed by atoms with E-state index in [2.05, 4.69) is 25.9 Å². The van der Waals surface area contributed by atoms with Crippen molar-refractivity contribution in [2.75, 3.05) is 0 Å². The molecule has 1 aromatic carbocycles. The van der Waals surface area contributed by atoms with Crippen LogP contribution in [0.4, 0.5) is 0 Å². The van der Waals surface area contributed by atoms with Gasteiger partial charge in [0, 0.05) is 29.6 Å². The fraction of sp³-hybridized carbons (Fsp3) is 0.154. The fourth-order valence-corrected chi connectivity index (χ4v) is 4.66. The first-order valence-electron chi connectivity index (χ1n) is 10.7. The standard InChI is InChI=1S/C26H21BrN4O3/c1-15-5-4-12-30-16(2)21(29-25(15)30)23(32)20-22(18-7-9-19(27)10-8-18)31(26(34)24(20)33)14-17-6-3-11-28-13-17/h3-13,22,32H,14H2,1-2H3/b23-20+. The van der Waals surface area contributed by atoms with Gasteiger partial charge in [-0.15, -0.1) is 0 Å². The number of hydrogen-bond acceptors (Lipinski definition) is 5. The predicted molar refractivity (Wildman–Crippen MR) is 131 cm³/mol. The summed E-state index contributed by atoms with van der Waals surface area (Å²) in [6, 6.07) is 14.1. The molecular formula is C26H21BrN4O3. The third-order valence-electron chi connectivity index (χ3n) is 6.11. The first-order valence-corrected chi connectivity index (χ1v) is 11.5. The number of carbonyl (C=O) groups excluding carboxylic acids is 2. The molecule has 5 rings (SSSR count). The molecule has 4 aromatic rings. The molecule has 0 aliphatic carbocycles. The normalized spacial score (nSPS) is 17.6. The number of Topliss-reactive ketones (excluding diaryl/α,β-unsaturated/α-hetero) is 1. The highest BCUT2D eigenvalue weighted by atomic mass is 79.9. The molecule has 34 heavy (non-hydrogen) atoms. The number of aryl methyl sites for hydroxylation is 2. The Morgan fingerprint density at radius 3 is 2.53 bits per heavy atom. The third-order valence-corrected chi connectivity index (χ3v) is 6.64. The fourth-order valence-electron chi connectivity index (χ4n) is 4.40. The van der Waals surface area contributed by atoms with Crippen molar-refractivity contribution < 1.29 is 14.7 Å². The van der Waals surface area contributed by atoms with Crippen molar-refractivity contribution in [1.82, 2.24) is 19.3 Å². The summed E-state index contributed by atoms with van der Waals surface area (Å²) in [5.74, 6) is -1.68. The third kappa shape index (κ3) is 3.60. The van der Waals surface area contributed by atoms with Gasteiger partial charge in [0.25, 0.3) is 11.7 Å². The summed E-state index contributed by atoms with van der Waals surface area (Å²) in [4.78, 5) is 36.7. The zero-order valence-corrected chi connectivity index (χ0v) is 20.2. The van der Waals surface area contributed by atoms with Gasteiger partial charge in [-0.2, -0.15) is 0 Å². The molecule has 1 unspecified atom stereocenters. The summed E-state index contributed by atoms with van der Waals surface area (Å²) in [5.41, 5.74) is 4.12. The van der Waals surface area contributed by atoms with Gasteiger partial charge in [0.2, 0.25) is 0 Å². The van der Waals surface area contributed by atoms with Gasteiger partial charge in [-0.05, 0) is 54.8 Å². The van der Waals surface area contributed by atoms with E-state index in [1.165, 1.54) is 4.90 Å². The van der Waals surface area contributed by atoms with E-state index in [4.69, 9.17) is 0 Å². The molecular weight excluding hydrogens is 496 g/mol. The number of fused-ring (bicyclic) bond motifs is 1. The van der Waals surface area contributed by atoms with Crippen molar-refractivity contribution >= 4 is 39.0 Å². The van der Waals surface area contributed by atoms with Crippen LogP contribution in [-0.2, 0) is 16.1 Å². The summed E-state index contributed by atoms with van der Waals surface area (Å²) < 4.78 is 2.73. The van der Waals surface area contributed by atoms with Crippen LogP contribution in [0.25, 0.3) is 11.4 Å². The number of nitrogens with zero attached hydrogens (tertiary/aromatic N) is 4. The Morgan fingerprint density at radius 1 is 1.09 bits per heavy atom. The number of pyridine rings is 2. The van der Waals surface area contributed by atoms with Gasteiger partial charge in [-0.3, -0.25) is 14.6 Å². The van der Waals surface area contributed by atoms with Crippen LogP contribution in [0, 0.1) is 13.8 Å². The number of imidazole rings is 1. The Bertz CT molecular complexity index is 1460. The largest absolute Gasteiger partial charge is 0.505 e. The highest BCUT2D eigenvalue weighted by molar-refractivity contribution is 9.10. The molecule has 0 saturated carbocycles. The first-order chi connectivity index (χ1) is 16.4. The molecule has 1 atom stereocenters. The Kier molecular flexibility index (Phi) is 5.53. The van der Waals surface area contributed by atoms with Crippen LogP contribution in [0.3, 0.4) is 0 Å². The minimum Gasteiger partial charge on any atom is -0.505 e. The van der Waals surface area contributed by atoms with Gasteiger partial charge in [0.1, 0.15) is 11.3 Å². The molecule has 1 aliphatic heterocycles. The molecule has 3 aromatic heterocycles. The molecule has 0 spiro atoms. The molecule has 1 saturated heterocycles. The van der Waals surface area contributed by atoms with E-state index in [0.29, 0.717) is 16.9 Å². The summed E-state index contributed by atoms with van der Waals surface area (Å²) in [6.45, 7) is 3.94. The average Bonchev–Trinajstić information content (AvgIpc) is 3.30. The molecule has 4 heterocycles. The number of likely N-dealkylation sites (tertiary alicyclic amines) is 1. The minimum absolute atomic E-state index is 0.0281. The summed E-state index contributed by atoms with van der Waals surface area (Å²) >= 11 is 3.43. The summed E-state index contributed by atoms with van der Waals surface area (Å²) in [6.07, 6.45) is 5.17. The van der Waals surface area contributed by atoms with E-state index in [0.717, 1.165) is 15.6 Å². The van der Waals surface area contributed by atoms with Crippen LogP contribution in [0.15, 0.2) is 77.2 Å². The van der Waals surface area contributed by atoms with E-state index < -0.39 is 17.7 Å². The van der Waals surface area contributed by atoms with Gasteiger partial charge in [-0.1, -0.05) is 40.2 Å². The number of carbonyl (C=O) groups is 2. The summed E-state index contributed by atoms with van der Waals surface area (Å²) in [5, 5.41) is 11.4. The maximum atomic E-state index is 13.3. The van der Waals surface area contributed by atoms with E-state index in [-0.39, 0.29) is 23.6 Å². The van der Waals surface area contributed by atoms with Crippen molar-refractivity contribution in [1.29, 1.82) is 0 Å². The van der Waals surface area contributed by atoms with Crippen molar-refractivity contribution in [3.63, 3.8) is 0 Å². The van der Waals surface area contributed by atoms with Gasteiger partial charge in [0.15, 0.2) is 5.76 Å². The van der Waals surface area contributed by atoms with Gasteiger partial charge >= 0.3 is 0 Å². The first kappa shape index (κ1) is 22.0. The van der Waals surface area contributed by atoms with E-state index in [1.54, 1.807) is 18.5 Å². The van der Waals surface area contributed by atoms with Gasteiger partial charge in [-0.25, -0.2) is 4.98 Å². The van der Waals surface area contributed by atoms with E-state index in [1.807, 2.05) is 66.9 Å². The number of aromatic nitrogens is 3. The predicted octanol–water partition coefficient (Wildman–Crippen LogP) is 4.73. The van der Waals surface area contributed by atoms with Crippen molar-refractivity contribution in [3.8, 4) is 0 Å². The second-order valence-corrected chi connectivity index (χ2v) is 9.19. The number of benzene rings is 1. The number of halogens is 1. The number of amides is 1. The van der Waals surface area contributed by atoms with Crippen LogP contribution < -0.4 is 0 Å². The molecule has 7 nitrogen and oxygen atoms in total. The molecule has 0 bridgehead atoms. The molecule has 8 heteroatoms. The highest BCUT2D eigenvalue weighted by Gasteiger charge is 2.46. The lowest BCUT2D eigenvalue weighted by atomic mass is 9.96. The summed E-state index contributed by atoms with van der Waals surface area (Å²) in [7, 11) is 0. The molecule has 1 fully saturated rings. The number of ketones is 1. The van der Waals surface area contributed by atoms with E-state index in [9.17, 15) is 14.7 Å². The molecule has 1 N–H and O–H groups in total. The number of rotatable bonds is 4. The smallest absolute Gasteiger partial charge is 0.295 e. The Labute approximate surface area is 204 Å². The quantitative estimate of drug-likeness (QED) is 0.240. The highest BCUT2D eigenvalue weighted by Crippen LogP contribution is 2.41.